The van der Waals surface area contributed by atoms with E-state index in [1.54, 1.807) is 0 Å². The van der Waals surface area contributed by atoms with E-state index in [1.165, 1.54) is 44.1 Å². The monoisotopic (exact) mass is 354 g/mol. The molecule has 0 atom stereocenters. The second-order valence-electron chi connectivity index (χ2n) is 9.18. The van der Waals surface area contributed by atoms with E-state index in [2.05, 4.69) is 29.9 Å². The van der Waals surface area contributed by atoms with Crippen molar-refractivity contribution in [2.75, 3.05) is 0 Å². The lowest BCUT2D eigenvalue weighted by Crippen LogP contribution is -2.50. The minimum atomic E-state index is -0.121. The molecule has 4 heteroatoms. The number of carbonyl (C=O) groups is 2. The number of amides is 2. The van der Waals surface area contributed by atoms with E-state index in [0.717, 1.165) is 23.3 Å². The number of nitrogens with one attached hydrogen (secondary N) is 2. The summed E-state index contributed by atoms with van der Waals surface area (Å²) in [7, 11) is 0. The van der Waals surface area contributed by atoms with Gasteiger partial charge in [-0.05, 0) is 80.6 Å². The summed E-state index contributed by atoms with van der Waals surface area (Å²) in [5.41, 5.74) is 7.85. The zero-order valence-corrected chi connectivity index (χ0v) is 15.7. The van der Waals surface area contributed by atoms with Gasteiger partial charge >= 0.3 is 0 Å². The minimum Gasteiger partial charge on any atom is -0.273 e. The summed E-state index contributed by atoms with van der Waals surface area (Å²) in [5, 5.41) is 0. The van der Waals surface area contributed by atoms with Gasteiger partial charge in [0.05, 0.1) is 0 Å². The number of aryl methyl sites for hydroxylation is 2. The van der Waals surface area contributed by atoms with Crippen LogP contribution in [0.5, 0.6) is 0 Å². The number of hydrazine groups is 1. The van der Waals surface area contributed by atoms with Gasteiger partial charge in [-0.1, -0.05) is 29.8 Å². The number of hydrogen-bond acceptors (Lipinski definition) is 2. The van der Waals surface area contributed by atoms with Crippen LogP contribution in [0.4, 0.5) is 0 Å². The molecule has 140 valence electrons. The predicted molar refractivity (Wildman–Crippen MR) is 101 cm³/mol. The molecule has 0 aliphatic heterocycles. The molecule has 4 fully saturated rings. The molecular weight excluding hydrogens is 324 g/mol. The van der Waals surface area contributed by atoms with Gasteiger partial charge in [0.2, 0.25) is 11.8 Å². The third-order valence-corrected chi connectivity index (χ3v) is 6.80. The minimum absolute atomic E-state index is 0.0179. The third-order valence-electron chi connectivity index (χ3n) is 6.80. The third kappa shape index (κ3) is 3.94. The van der Waals surface area contributed by atoms with Crippen LogP contribution in [-0.4, -0.2) is 11.8 Å². The molecule has 2 amide bonds. The first-order valence-electron chi connectivity index (χ1n) is 10.1. The van der Waals surface area contributed by atoms with Crippen molar-refractivity contribution >= 4 is 11.8 Å². The van der Waals surface area contributed by atoms with Crippen LogP contribution in [-0.2, 0) is 16.0 Å². The van der Waals surface area contributed by atoms with E-state index in [9.17, 15) is 9.59 Å². The lowest BCUT2D eigenvalue weighted by atomic mass is 9.49. The molecule has 1 aromatic carbocycles. The van der Waals surface area contributed by atoms with E-state index < -0.39 is 0 Å². The topological polar surface area (TPSA) is 58.2 Å². The Morgan fingerprint density at radius 2 is 1.46 bits per heavy atom. The van der Waals surface area contributed by atoms with Gasteiger partial charge < -0.3 is 0 Å². The standard InChI is InChI=1S/C22H30N2O2/c1-15-2-4-16(5-3-15)6-7-20(25)23-24-21(26)14-22-11-17-8-18(12-22)10-19(9-17)13-22/h2-5,17-19H,6-14H2,1H3,(H,23,25)(H,24,26). The van der Waals surface area contributed by atoms with Crippen LogP contribution in [0.3, 0.4) is 0 Å². The molecule has 0 spiro atoms. The van der Waals surface area contributed by atoms with Crippen LogP contribution < -0.4 is 10.9 Å². The zero-order chi connectivity index (χ0) is 18.1. The van der Waals surface area contributed by atoms with Gasteiger partial charge in [0.15, 0.2) is 0 Å². The molecule has 4 saturated carbocycles. The summed E-state index contributed by atoms with van der Waals surface area (Å²) in [5.74, 6) is 2.40. The Balaban J connectivity index is 1.21. The Bertz CT molecular complexity index is 645. The van der Waals surface area contributed by atoms with E-state index in [1.807, 2.05) is 12.1 Å². The average Bonchev–Trinajstić information content (AvgIpc) is 2.58. The molecule has 0 radical (unpaired) electrons. The van der Waals surface area contributed by atoms with Gasteiger partial charge in [0, 0.05) is 12.8 Å². The van der Waals surface area contributed by atoms with Gasteiger partial charge in [-0.2, -0.15) is 0 Å². The van der Waals surface area contributed by atoms with Crippen molar-refractivity contribution in [1.82, 2.24) is 10.9 Å². The van der Waals surface area contributed by atoms with Crippen LogP contribution in [0.25, 0.3) is 0 Å². The SMILES string of the molecule is Cc1ccc(CCC(=O)NNC(=O)CC23CC4CC(CC(C4)C2)C3)cc1. The van der Waals surface area contributed by atoms with Crippen molar-refractivity contribution in [3.05, 3.63) is 35.4 Å². The second-order valence-corrected chi connectivity index (χ2v) is 9.18. The number of rotatable bonds is 5. The van der Waals surface area contributed by atoms with E-state index in [-0.39, 0.29) is 17.2 Å². The lowest BCUT2D eigenvalue weighted by Gasteiger charge is -2.56. The van der Waals surface area contributed by atoms with Crippen molar-refractivity contribution in [3.8, 4) is 0 Å². The molecule has 4 aliphatic carbocycles. The van der Waals surface area contributed by atoms with Crippen molar-refractivity contribution in [1.29, 1.82) is 0 Å². The first-order valence-corrected chi connectivity index (χ1v) is 10.1. The van der Waals surface area contributed by atoms with Crippen LogP contribution in [0.15, 0.2) is 24.3 Å². The fourth-order valence-corrected chi connectivity index (χ4v) is 6.11. The molecule has 2 N–H and O–H groups in total. The fourth-order valence-electron chi connectivity index (χ4n) is 6.11. The second kappa shape index (κ2) is 7.05. The quantitative estimate of drug-likeness (QED) is 0.793. The summed E-state index contributed by atoms with van der Waals surface area (Å²) in [6.45, 7) is 2.05. The van der Waals surface area contributed by atoms with Crippen molar-refractivity contribution in [2.24, 2.45) is 23.2 Å². The van der Waals surface area contributed by atoms with Crippen molar-refractivity contribution < 1.29 is 9.59 Å². The maximum atomic E-state index is 12.4. The molecule has 26 heavy (non-hydrogen) atoms. The van der Waals surface area contributed by atoms with Crippen LogP contribution >= 0.6 is 0 Å². The summed E-state index contributed by atoms with van der Waals surface area (Å²) < 4.78 is 0. The van der Waals surface area contributed by atoms with Crippen LogP contribution in [0.1, 0.15) is 62.5 Å². The maximum Gasteiger partial charge on any atom is 0.238 e. The molecular formula is C22H30N2O2. The van der Waals surface area contributed by atoms with Gasteiger partial charge in [-0.25, -0.2) is 0 Å². The molecule has 0 heterocycles. The zero-order valence-electron chi connectivity index (χ0n) is 15.7. The summed E-state index contributed by atoms with van der Waals surface area (Å²) >= 11 is 0. The molecule has 0 aromatic heterocycles. The Labute approximate surface area is 156 Å². The van der Waals surface area contributed by atoms with Gasteiger partial charge in [-0.3, -0.25) is 20.4 Å². The first kappa shape index (κ1) is 17.6. The number of benzene rings is 1. The Hall–Kier alpha value is -1.84. The average molecular weight is 354 g/mol. The van der Waals surface area contributed by atoms with Crippen molar-refractivity contribution in [2.45, 2.75) is 64.7 Å². The normalized spacial score (nSPS) is 31.7. The molecule has 4 aliphatic rings. The first-order chi connectivity index (χ1) is 12.5. The van der Waals surface area contributed by atoms with E-state index >= 15 is 0 Å². The molecule has 5 rings (SSSR count). The molecule has 0 unspecified atom stereocenters. The Kier molecular flexibility index (Phi) is 4.76. The smallest absolute Gasteiger partial charge is 0.238 e. The fraction of sp³-hybridized carbons (Fsp3) is 0.636. The largest absolute Gasteiger partial charge is 0.273 e. The number of hydrogen-bond donors (Lipinski definition) is 2. The lowest BCUT2D eigenvalue weighted by molar-refractivity contribution is -0.134. The van der Waals surface area contributed by atoms with E-state index in [0.29, 0.717) is 19.3 Å². The van der Waals surface area contributed by atoms with Crippen molar-refractivity contribution in [3.63, 3.8) is 0 Å². The molecule has 0 saturated heterocycles. The Morgan fingerprint density at radius 1 is 0.923 bits per heavy atom. The van der Waals surface area contributed by atoms with Gasteiger partial charge in [0.1, 0.15) is 0 Å². The highest BCUT2D eigenvalue weighted by Crippen LogP contribution is 2.61. The molecule has 4 bridgehead atoms. The van der Waals surface area contributed by atoms with Gasteiger partial charge in [-0.15, -0.1) is 0 Å². The molecule has 4 nitrogen and oxygen atoms in total. The predicted octanol–water partition coefficient (Wildman–Crippen LogP) is 3.68. The summed E-state index contributed by atoms with van der Waals surface area (Å²) in [6.07, 6.45) is 9.46. The summed E-state index contributed by atoms with van der Waals surface area (Å²) in [4.78, 5) is 24.4. The van der Waals surface area contributed by atoms with E-state index in [4.69, 9.17) is 0 Å². The maximum absolute atomic E-state index is 12.4. The molecule has 1 aromatic rings. The highest BCUT2D eigenvalue weighted by Gasteiger charge is 2.51. The van der Waals surface area contributed by atoms with Crippen LogP contribution in [0.2, 0.25) is 0 Å². The number of carbonyl (C=O) groups excluding carboxylic acids is 2. The van der Waals surface area contributed by atoms with Crippen LogP contribution in [0, 0.1) is 30.1 Å². The summed E-state index contributed by atoms with van der Waals surface area (Å²) in [6, 6.07) is 8.21. The highest BCUT2D eigenvalue weighted by molar-refractivity contribution is 5.82. The van der Waals surface area contributed by atoms with Gasteiger partial charge in [0.25, 0.3) is 0 Å². The Morgan fingerprint density at radius 3 is 2.04 bits per heavy atom. The highest BCUT2D eigenvalue weighted by atomic mass is 16.2.